The molecular formula is C66H94N14O37P4S2-4. The van der Waals surface area contributed by atoms with Crippen molar-refractivity contribution in [3.8, 4) is 0 Å². The maximum absolute atomic E-state index is 15.4. The Hall–Kier alpha value is -6.32. The van der Waals surface area contributed by atoms with E-state index in [4.69, 9.17) is 143 Å². The molecule has 0 saturated carbocycles. The van der Waals surface area contributed by atoms with Crippen molar-refractivity contribution >= 4 is 76.0 Å². The van der Waals surface area contributed by atoms with Crippen molar-refractivity contribution in [2.75, 3.05) is 140 Å². The minimum absolute atomic E-state index is 0.0126. The number of fused-ring (bicyclic) bond motifs is 1. The largest absolute Gasteiger partial charge is 0.780 e. The summed E-state index contributed by atoms with van der Waals surface area (Å²) in [4.78, 5) is 160. The highest BCUT2D eigenvalue weighted by atomic mass is 32.7. The Balaban J connectivity index is 0.898. The van der Waals surface area contributed by atoms with E-state index in [1.165, 1.54) is 79.6 Å². The molecule has 11 rings (SSSR count). The number of phosphoric ester groups is 2. The lowest BCUT2D eigenvalue weighted by Gasteiger charge is -2.36. The molecule has 0 aromatic carbocycles. The number of hydrogen-bond acceptors (Lipinski definition) is 45. The fraction of sp³-hybridized carbons (Fsp3) is 0.682. The SMILES string of the molecule is CC[C@H]1O[C@@H](n2cc(C)c(=O)[nH]c2=O)[C@@H](OCCOC)C1OP(=O)([O-])OC[C@H]1O[C@@H](n2cc(C)c(=O)[nH]c2=O)[C@@H](OCCOC)C1OP(=O)([O-])OC[C@H]1O[C@@H](n2cnc3c(N)ncnc32)[C@@H](OCCOC)C1OP([O-])(=S)OC[C@H]1O[C@@H](n2cc(C)c(=O)[nH]c2=O)[C@@H](OCCOC)C1OP(=O)([S-])OC[C@H]1O[C@@H](n2cc(C)c(N)nc2=O)[C@@H](OCCOC)C1O. The predicted octanol–water partition coefficient (Wildman–Crippen LogP) is -3.67. The van der Waals surface area contributed by atoms with E-state index in [0.29, 0.717) is 5.56 Å². The van der Waals surface area contributed by atoms with Crippen molar-refractivity contribution in [2.45, 2.75) is 164 Å². The van der Waals surface area contributed by atoms with Crippen molar-refractivity contribution in [1.29, 1.82) is 0 Å². The molecule has 11 heterocycles. The van der Waals surface area contributed by atoms with Crippen molar-refractivity contribution in [3.63, 3.8) is 0 Å². The molecule has 8 N–H and O–H groups in total. The van der Waals surface area contributed by atoms with Crippen molar-refractivity contribution in [1.82, 2.24) is 57.7 Å². The first-order valence-electron chi connectivity index (χ1n) is 37.7. The standard InChI is InChI=1S/C66H98N14O37P4S2/c1-11-36-43(48(101-18-13-96-7)59(109-36)77-23-33(3)55(82)73-64(77)86)114-118(89,90)105-27-38-44(49(102-19-14-97-8)60(111-38)78-24-34(4)56(83)74-65(78)87)115-119(91,92)106-28-39-45(51(104-21-16-99-10)62(113-39)80-31-71-41-53(68)69-30-70-54(41)80)116-121(94,123)108-29-40-46(50(103-20-15-98-9)61(112-40)79-25-35(5)57(84)75-66(79)88)117-120(93,122)107-26-37-42(81)47(100-17-12-95-6)58(110-37)76-22-32(2)52(67)72-63(76)85/h22-25,30-31,36-40,42-51,58-62,81H,11-21,26-29H2,1-10H3,(H,89,90)(H,91,92)(H,93,122)(H,94,123)(H2,67,72,85)(H2,68,69,70)(H,73,82,86)(H,74,83,87)(H,75,84,88)/p-4/t36-,37-,38-,39-,40-,42?,43?,44?,45?,46?,47+,48+,49+,50+,51+,58-,59-,60-,61-,62-,120?,121?/m1/s1. The highest BCUT2D eigenvalue weighted by Crippen LogP contribution is 2.55. The summed E-state index contributed by atoms with van der Waals surface area (Å²) in [5, 5.41) is 11.7. The number of aryl methyl sites for hydroxylation is 4. The number of nitrogen functional groups attached to an aromatic ring is 2. The molecule has 5 fully saturated rings. The van der Waals surface area contributed by atoms with Gasteiger partial charge in [0.25, 0.3) is 32.3 Å². The number of aliphatic hydroxyl groups excluding tert-OH is 1. The van der Waals surface area contributed by atoms with Crippen LogP contribution in [0.3, 0.4) is 0 Å². The minimum Gasteiger partial charge on any atom is -0.780 e. The summed E-state index contributed by atoms with van der Waals surface area (Å²) >= 11 is 11.1. The van der Waals surface area contributed by atoms with E-state index in [9.17, 15) is 52.7 Å². The number of methoxy groups -OCH3 is 5. The molecule has 6 aromatic heterocycles. The third kappa shape index (κ3) is 23.6. The van der Waals surface area contributed by atoms with Crippen LogP contribution in [0.1, 0.15) is 66.7 Å². The summed E-state index contributed by atoms with van der Waals surface area (Å²) in [7, 11) is -5.19. The Labute approximate surface area is 707 Å². The maximum Gasteiger partial charge on any atom is 0.351 e. The summed E-state index contributed by atoms with van der Waals surface area (Å²) in [6, 6.07) is 0. The van der Waals surface area contributed by atoms with Crippen LogP contribution in [0.25, 0.3) is 11.2 Å². The summed E-state index contributed by atoms with van der Waals surface area (Å²) in [5.74, 6) is -0.213. The van der Waals surface area contributed by atoms with Gasteiger partial charge in [0.05, 0.1) is 105 Å². The molecule has 0 radical (unpaired) electrons. The highest BCUT2D eigenvalue weighted by molar-refractivity contribution is 8.32. The van der Waals surface area contributed by atoms with E-state index in [1.54, 1.807) is 13.8 Å². The molecule has 0 spiro atoms. The van der Waals surface area contributed by atoms with Gasteiger partial charge in [-0.3, -0.25) is 65.9 Å². The third-order valence-corrected chi connectivity index (χ3v) is 24.8. The van der Waals surface area contributed by atoms with Crippen molar-refractivity contribution in [2.24, 2.45) is 0 Å². The quantitative estimate of drug-likeness (QED) is 0.0122. The van der Waals surface area contributed by atoms with E-state index >= 15 is 14.4 Å². The van der Waals surface area contributed by atoms with E-state index in [0.717, 1.165) is 37.0 Å². The third-order valence-electron chi connectivity index (χ3n) is 19.8. The van der Waals surface area contributed by atoms with Gasteiger partial charge in [0.2, 0.25) is 0 Å². The summed E-state index contributed by atoms with van der Waals surface area (Å²) in [6.45, 7) is -9.42. The van der Waals surface area contributed by atoms with Gasteiger partial charge in [-0.05, 0) is 34.1 Å². The first-order valence-corrected chi connectivity index (χ1v) is 45.8. The number of aromatic nitrogens is 12. The van der Waals surface area contributed by atoms with Crippen LogP contribution in [0.15, 0.2) is 71.0 Å². The van der Waals surface area contributed by atoms with Crippen LogP contribution in [0.2, 0.25) is 0 Å². The van der Waals surface area contributed by atoms with Crippen molar-refractivity contribution in [3.05, 3.63) is 133 Å². The van der Waals surface area contributed by atoms with E-state index < -0.39 is 224 Å². The average molecular weight is 1860 g/mol. The molecule has 6 aromatic rings. The number of H-pyrrole nitrogens is 3. The predicted molar refractivity (Wildman–Crippen MR) is 417 cm³/mol. The van der Waals surface area contributed by atoms with Crippen LogP contribution in [0, 0.1) is 27.7 Å². The number of nitrogens with two attached hydrogens (primary N) is 2. The lowest BCUT2D eigenvalue weighted by Crippen LogP contribution is -2.43. The van der Waals surface area contributed by atoms with Crippen LogP contribution in [-0.4, -0.2) is 282 Å². The Morgan fingerprint density at radius 3 is 1.24 bits per heavy atom. The first-order chi connectivity index (χ1) is 58.5. The fourth-order valence-corrected chi connectivity index (χ4v) is 18.5. The van der Waals surface area contributed by atoms with Crippen LogP contribution in [0.4, 0.5) is 11.6 Å². The molecule has 686 valence electrons. The number of phosphoric acid groups is 2. The summed E-state index contributed by atoms with van der Waals surface area (Å²) in [6.07, 6.45) is -26.4. The Bertz CT molecular complexity index is 5260. The number of nitrogens with zero attached hydrogens (tertiary/aromatic N) is 9. The van der Waals surface area contributed by atoms with Gasteiger partial charge in [-0.25, -0.2) is 34.1 Å². The number of rotatable bonds is 46. The number of imidazole rings is 1. The van der Waals surface area contributed by atoms with Gasteiger partial charge in [0, 0.05) is 82.6 Å². The zero-order chi connectivity index (χ0) is 89.2. The minimum atomic E-state index is -6.10. The number of aliphatic hydroxyl groups is 1. The summed E-state index contributed by atoms with van der Waals surface area (Å²) < 4.78 is 184. The molecule has 0 aliphatic carbocycles. The van der Waals surface area contributed by atoms with Crippen LogP contribution in [0.5, 0.6) is 0 Å². The van der Waals surface area contributed by atoms with Crippen LogP contribution in [-0.2, 0) is 145 Å². The second-order valence-corrected chi connectivity index (χ2v) is 36.3. The number of ether oxygens (including phenoxy) is 15. The molecule has 123 heavy (non-hydrogen) atoms. The zero-order valence-corrected chi connectivity index (χ0v) is 72.8. The molecule has 0 amide bonds. The van der Waals surface area contributed by atoms with Gasteiger partial charge >= 0.3 is 22.8 Å². The lowest BCUT2D eigenvalue weighted by molar-refractivity contribution is -0.240. The smallest absolute Gasteiger partial charge is 0.351 e. The molecule has 57 heteroatoms. The molecule has 51 nitrogen and oxygen atoms in total. The Morgan fingerprint density at radius 2 is 0.813 bits per heavy atom. The Kier molecular flexibility index (Phi) is 33.8. The highest BCUT2D eigenvalue weighted by Gasteiger charge is 2.56. The van der Waals surface area contributed by atoms with Gasteiger partial charge in [-0.1, -0.05) is 18.7 Å². The van der Waals surface area contributed by atoms with Gasteiger partial charge in [0.15, 0.2) is 49.4 Å². The normalized spacial score (nSPS) is 29.2. The van der Waals surface area contributed by atoms with E-state index in [-0.39, 0.29) is 105 Å². The molecule has 5 aliphatic rings. The van der Waals surface area contributed by atoms with Gasteiger partial charge < -0.3 is 151 Å². The van der Waals surface area contributed by atoms with Gasteiger partial charge in [-0.15, -0.1) is 0 Å². The number of hydrogen-bond donors (Lipinski definition) is 6. The molecule has 5 aliphatic heterocycles. The number of anilines is 2. The van der Waals surface area contributed by atoms with E-state index in [2.05, 4.69) is 34.9 Å². The Morgan fingerprint density at radius 1 is 0.455 bits per heavy atom. The zero-order valence-electron chi connectivity index (χ0n) is 67.5. The van der Waals surface area contributed by atoms with Gasteiger partial charge in [0.1, 0.15) is 110 Å². The second-order valence-electron chi connectivity index (χ2n) is 28.1. The second kappa shape index (κ2) is 42.7. The first kappa shape index (κ1) is 97.3. The molecular weight excluding hydrogens is 1770 g/mol. The molecule has 24 atom stereocenters. The topological polar surface area (TPSA) is 648 Å². The maximum atomic E-state index is 15.4. The molecule has 5 saturated heterocycles. The molecule has 9 unspecified atom stereocenters. The number of nitrogens with one attached hydrogen (secondary N) is 3. The molecule has 0 bridgehead atoms. The monoisotopic (exact) mass is 1860 g/mol. The van der Waals surface area contributed by atoms with Crippen LogP contribution < -0.4 is 65.6 Å². The van der Waals surface area contributed by atoms with Crippen LogP contribution >= 0.6 is 29.2 Å². The average Bonchev–Trinajstić information content (AvgIpc) is 1.61. The summed E-state index contributed by atoms with van der Waals surface area (Å²) in [5.41, 5.74) is 6.01. The van der Waals surface area contributed by atoms with Crippen molar-refractivity contribution < 1.29 is 141 Å². The fourth-order valence-electron chi connectivity index (χ4n) is 13.8. The lowest BCUT2D eigenvalue weighted by atomic mass is 10.1. The number of aromatic amines is 3. The van der Waals surface area contributed by atoms with Gasteiger partial charge in [-0.2, -0.15) is 4.98 Å². The van der Waals surface area contributed by atoms with E-state index in [1.807, 2.05) is 0 Å².